The van der Waals surface area contributed by atoms with Crippen molar-refractivity contribution in [3.05, 3.63) is 12.2 Å². The molecule has 116 valence electrons. The molecular weight excluding hydrogens is 369 g/mol. The number of hydrogen-bond acceptors (Lipinski definition) is 3. The summed E-state index contributed by atoms with van der Waals surface area (Å²) < 4.78 is 4.60. The molecule has 0 amide bonds. The van der Waals surface area contributed by atoms with E-state index in [1.165, 1.54) is 7.11 Å². The van der Waals surface area contributed by atoms with Crippen molar-refractivity contribution in [2.24, 2.45) is 4.99 Å². The van der Waals surface area contributed by atoms with Crippen LogP contribution in [0.25, 0.3) is 0 Å². The molecule has 2 N–H and O–H groups in total. The van der Waals surface area contributed by atoms with Gasteiger partial charge in [0.25, 0.3) is 0 Å². The van der Waals surface area contributed by atoms with E-state index in [0.29, 0.717) is 12.5 Å². The summed E-state index contributed by atoms with van der Waals surface area (Å²) in [4.78, 5) is 15.5. The molecule has 0 radical (unpaired) electrons. The highest BCUT2D eigenvalue weighted by molar-refractivity contribution is 14.0. The fraction of sp³-hybridized carbons (Fsp3) is 0.714. The van der Waals surface area contributed by atoms with Gasteiger partial charge in [0.15, 0.2) is 5.96 Å². The van der Waals surface area contributed by atoms with Crippen molar-refractivity contribution in [2.45, 2.75) is 45.1 Å². The molecule has 0 saturated carbocycles. The van der Waals surface area contributed by atoms with E-state index in [1.807, 2.05) is 0 Å². The molecule has 0 atom stereocenters. The Bertz CT molecular complexity index is 324. The fourth-order valence-electron chi connectivity index (χ4n) is 1.92. The Hall–Kier alpha value is -0.790. The number of rotatable bonds is 7. The predicted octanol–water partition coefficient (Wildman–Crippen LogP) is 2.22. The molecule has 0 spiro atoms. The highest BCUT2D eigenvalue weighted by Gasteiger charge is 2.11. The SMILES string of the molecule is CCNC(=NCCCCC(=O)OC)NC1CC=CC1.I. The van der Waals surface area contributed by atoms with Gasteiger partial charge in [-0.3, -0.25) is 9.79 Å². The first-order valence-corrected chi connectivity index (χ1v) is 7.03. The standard InChI is InChI=1S/C14H25N3O2.HI/c1-3-15-14(17-12-8-4-5-9-12)16-11-7-6-10-13(18)19-2;/h4-5,12H,3,6-11H2,1-2H3,(H2,15,16,17);1H. The number of carbonyl (C=O) groups is 1. The van der Waals surface area contributed by atoms with E-state index in [0.717, 1.165) is 44.7 Å². The van der Waals surface area contributed by atoms with Gasteiger partial charge in [0, 0.05) is 25.6 Å². The van der Waals surface area contributed by atoms with Crippen LogP contribution < -0.4 is 10.6 Å². The van der Waals surface area contributed by atoms with Gasteiger partial charge in [-0.15, -0.1) is 24.0 Å². The van der Waals surface area contributed by atoms with E-state index in [1.54, 1.807) is 0 Å². The molecule has 0 aliphatic heterocycles. The monoisotopic (exact) mass is 395 g/mol. The minimum Gasteiger partial charge on any atom is -0.469 e. The zero-order valence-corrected chi connectivity index (χ0v) is 14.7. The van der Waals surface area contributed by atoms with Crippen LogP contribution in [0.3, 0.4) is 0 Å². The summed E-state index contributed by atoms with van der Waals surface area (Å²) >= 11 is 0. The van der Waals surface area contributed by atoms with Crippen molar-refractivity contribution >= 4 is 35.9 Å². The Labute approximate surface area is 138 Å². The zero-order valence-electron chi connectivity index (χ0n) is 12.4. The topological polar surface area (TPSA) is 62.7 Å². The van der Waals surface area contributed by atoms with Gasteiger partial charge in [-0.2, -0.15) is 0 Å². The molecule has 0 bridgehead atoms. The number of methoxy groups -OCH3 is 1. The molecule has 0 unspecified atom stereocenters. The maximum atomic E-state index is 11.0. The fourth-order valence-corrected chi connectivity index (χ4v) is 1.92. The van der Waals surface area contributed by atoms with Crippen LogP contribution in [0.2, 0.25) is 0 Å². The predicted molar refractivity (Wildman–Crippen MR) is 92.6 cm³/mol. The lowest BCUT2D eigenvalue weighted by Gasteiger charge is -2.16. The summed E-state index contributed by atoms with van der Waals surface area (Å²) in [5, 5.41) is 6.65. The van der Waals surface area contributed by atoms with Crippen molar-refractivity contribution in [2.75, 3.05) is 20.2 Å². The van der Waals surface area contributed by atoms with Crippen LogP contribution in [0, 0.1) is 0 Å². The van der Waals surface area contributed by atoms with Gasteiger partial charge in [-0.25, -0.2) is 0 Å². The van der Waals surface area contributed by atoms with Gasteiger partial charge >= 0.3 is 5.97 Å². The molecule has 5 nitrogen and oxygen atoms in total. The molecule has 0 saturated heterocycles. The lowest BCUT2D eigenvalue weighted by atomic mass is 10.2. The molecule has 0 aromatic heterocycles. The van der Waals surface area contributed by atoms with Gasteiger partial charge in [-0.1, -0.05) is 12.2 Å². The van der Waals surface area contributed by atoms with Gasteiger partial charge in [0.05, 0.1) is 7.11 Å². The molecule has 1 aliphatic rings. The summed E-state index contributed by atoms with van der Waals surface area (Å²) in [6, 6.07) is 0.466. The number of nitrogens with zero attached hydrogens (tertiary/aromatic N) is 1. The normalized spacial score (nSPS) is 14.8. The Morgan fingerprint density at radius 2 is 2.05 bits per heavy atom. The van der Waals surface area contributed by atoms with Crippen molar-refractivity contribution < 1.29 is 9.53 Å². The van der Waals surface area contributed by atoms with E-state index in [2.05, 4.69) is 39.4 Å². The van der Waals surface area contributed by atoms with Crippen molar-refractivity contribution in [3.63, 3.8) is 0 Å². The lowest BCUT2D eigenvalue weighted by Crippen LogP contribution is -2.42. The van der Waals surface area contributed by atoms with Crippen LogP contribution in [-0.2, 0) is 9.53 Å². The number of halogens is 1. The third-order valence-corrected chi connectivity index (χ3v) is 2.98. The van der Waals surface area contributed by atoms with Crippen molar-refractivity contribution in [1.82, 2.24) is 10.6 Å². The van der Waals surface area contributed by atoms with E-state index in [4.69, 9.17) is 0 Å². The number of guanidine groups is 1. The highest BCUT2D eigenvalue weighted by atomic mass is 127. The maximum Gasteiger partial charge on any atom is 0.305 e. The average Bonchev–Trinajstić information content (AvgIpc) is 2.91. The first-order valence-electron chi connectivity index (χ1n) is 7.03. The first kappa shape index (κ1) is 19.2. The maximum absolute atomic E-state index is 11.0. The second kappa shape index (κ2) is 12.0. The summed E-state index contributed by atoms with van der Waals surface area (Å²) in [6.07, 6.45) is 8.70. The minimum atomic E-state index is -0.147. The van der Waals surface area contributed by atoms with Gasteiger partial charge in [0.1, 0.15) is 0 Å². The summed E-state index contributed by atoms with van der Waals surface area (Å²) in [5.41, 5.74) is 0. The molecule has 0 fully saturated rings. The molecule has 1 rings (SSSR count). The van der Waals surface area contributed by atoms with Gasteiger partial charge in [0.2, 0.25) is 0 Å². The largest absolute Gasteiger partial charge is 0.469 e. The Morgan fingerprint density at radius 1 is 1.35 bits per heavy atom. The minimum absolute atomic E-state index is 0. The third kappa shape index (κ3) is 8.39. The zero-order chi connectivity index (χ0) is 13.9. The number of ether oxygens (including phenoxy) is 1. The van der Waals surface area contributed by atoms with Crippen molar-refractivity contribution in [1.29, 1.82) is 0 Å². The van der Waals surface area contributed by atoms with E-state index >= 15 is 0 Å². The number of aliphatic imine (C=N–C) groups is 1. The highest BCUT2D eigenvalue weighted by Crippen LogP contribution is 2.08. The molecule has 20 heavy (non-hydrogen) atoms. The lowest BCUT2D eigenvalue weighted by molar-refractivity contribution is -0.140. The molecule has 6 heteroatoms. The summed E-state index contributed by atoms with van der Waals surface area (Å²) in [5.74, 6) is 0.723. The van der Waals surface area contributed by atoms with Gasteiger partial charge in [-0.05, 0) is 32.6 Å². The number of carbonyl (C=O) groups excluding carboxylic acids is 1. The van der Waals surface area contributed by atoms with Crippen LogP contribution in [0.15, 0.2) is 17.1 Å². The Balaban J connectivity index is 0.00000361. The smallest absolute Gasteiger partial charge is 0.305 e. The molecule has 0 heterocycles. The molecule has 0 aromatic carbocycles. The number of esters is 1. The summed E-state index contributed by atoms with van der Waals surface area (Å²) in [7, 11) is 1.42. The van der Waals surface area contributed by atoms with Crippen LogP contribution in [-0.4, -0.2) is 38.2 Å². The van der Waals surface area contributed by atoms with E-state index in [9.17, 15) is 4.79 Å². The number of unbranched alkanes of at least 4 members (excludes halogenated alkanes) is 1. The molecule has 1 aliphatic carbocycles. The first-order chi connectivity index (χ1) is 9.26. The van der Waals surface area contributed by atoms with E-state index < -0.39 is 0 Å². The van der Waals surface area contributed by atoms with Crippen LogP contribution >= 0.6 is 24.0 Å². The van der Waals surface area contributed by atoms with Crippen LogP contribution in [0.5, 0.6) is 0 Å². The number of nitrogens with one attached hydrogen (secondary N) is 2. The van der Waals surface area contributed by atoms with E-state index in [-0.39, 0.29) is 29.9 Å². The molecular formula is C14H26IN3O2. The Morgan fingerprint density at radius 3 is 2.65 bits per heavy atom. The number of hydrogen-bond donors (Lipinski definition) is 2. The second-order valence-electron chi connectivity index (χ2n) is 4.58. The van der Waals surface area contributed by atoms with Crippen LogP contribution in [0.1, 0.15) is 39.0 Å². The van der Waals surface area contributed by atoms with Crippen LogP contribution in [0.4, 0.5) is 0 Å². The van der Waals surface area contributed by atoms with Gasteiger partial charge < -0.3 is 15.4 Å². The van der Waals surface area contributed by atoms with Crippen molar-refractivity contribution in [3.8, 4) is 0 Å². The third-order valence-electron chi connectivity index (χ3n) is 2.98. The second-order valence-corrected chi connectivity index (χ2v) is 4.58. The Kier molecular flexibility index (Phi) is 11.5. The average molecular weight is 395 g/mol. The quantitative estimate of drug-likeness (QED) is 0.173. The summed E-state index contributed by atoms with van der Waals surface area (Å²) in [6.45, 7) is 3.64. The molecule has 0 aromatic rings.